The van der Waals surface area contributed by atoms with Crippen LogP contribution in [0.4, 0.5) is 0 Å². The van der Waals surface area contributed by atoms with E-state index in [9.17, 15) is 13.2 Å². The number of carbonyl (C=O) groups is 1. The van der Waals surface area contributed by atoms with Crippen LogP contribution in [0.5, 0.6) is 0 Å². The summed E-state index contributed by atoms with van der Waals surface area (Å²) in [5.41, 5.74) is 1.04. The summed E-state index contributed by atoms with van der Waals surface area (Å²) in [7, 11) is 0.215. The lowest BCUT2D eigenvalue weighted by Gasteiger charge is -2.34. The Morgan fingerprint density at radius 2 is 1.67 bits per heavy atom. The molecule has 0 unspecified atom stereocenters. The molecule has 2 aromatic rings. The Balaban J connectivity index is 2.15. The highest BCUT2D eigenvalue weighted by Gasteiger charge is 2.28. The fourth-order valence-electron chi connectivity index (χ4n) is 3.34. The van der Waals surface area contributed by atoms with E-state index >= 15 is 0 Å². The minimum Gasteiger partial charge on any atom is -0.349 e. The van der Waals surface area contributed by atoms with Crippen LogP contribution >= 0.6 is 0 Å². The van der Waals surface area contributed by atoms with Crippen molar-refractivity contribution in [3.05, 3.63) is 65.7 Å². The molecule has 2 N–H and O–H groups in total. The summed E-state index contributed by atoms with van der Waals surface area (Å²) in [4.78, 5) is 14.9. The molecule has 0 bridgehead atoms. The van der Waals surface area contributed by atoms with Gasteiger partial charge < -0.3 is 10.2 Å². The maximum Gasteiger partial charge on any atom is 0.251 e. The highest BCUT2D eigenvalue weighted by molar-refractivity contribution is 7.89. The standard InChI is InChI=1S/C23H33N3O3S/c1-17(19-11-8-7-9-12-19)25-30(28,29)21-14-10-13-20(15-21)22(27)24-18(2)23(3,4)16-26(5)6/h7-15,17-18,25H,16H2,1-6H3,(H,24,27)/t17-,18+/m0/s1. The molecule has 0 spiro atoms. The second-order valence-electron chi connectivity index (χ2n) is 8.70. The number of rotatable bonds is 9. The van der Waals surface area contributed by atoms with Crippen molar-refractivity contribution in [1.29, 1.82) is 0 Å². The van der Waals surface area contributed by atoms with Gasteiger partial charge in [0.1, 0.15) is 0 Å². The molecule has 0 radical (unpaired) electrons. The van der Waals surface area contributed by atoms with Crippen LogP contribution in [0.25, 0.3) is 0 Å². The Morgan fingerprint density at radius 1 is 1.03 bits per heavy atom. The topological polar surface area (TPSA) is 78.5 Å². The van der Waals surface area contributed by atoms with Crippen molar-refractivity contribution in [2.24, 2.45) is 5.41 Å². The monoisotopic (exact) mass is 431 g/mol. The molecule has 0 aliphatic carbocycles. The molecule has 164 valence electrons. The number of hydrogen-bond acceptors (Lipinski definition) is 4. The molecule has 1 amide bonds. The summed E-state index contributed by atoms with van der Waals surface area (Å²) >= 11 is 0. The predicted molar refractivity (Wildman–Crippen MR) is 121 cm³/mol. The van der Waals surface area contributed by atoms with Gasteiger partial charge in [0.15, 0.2) is 0 Å². The number of nitrogens with zero attached hydrogens (tertiary/aromatic N) is 1. The van der Waals surface area contributed by atoms with Gasteiger partial charge in [-0.3, -0.25) is 4.79 Å². The van der Waals surface area contributed by atoms with Gasteiger partial charge in [-0.2, -0.15) is 0 Å². The molecule has 7 heteroatoms. The number of sulfonamides is 1. The minimum atomic E-state index is -3.77. The summed E-state index contributed by atoms with van der Waals surface area (Å²) in [6, 6.07) is 15.0. The van der Waals surface area contributed by atoms with E-state index in [0.29, 0.717) is 5.56 Å². The molecule has 2 aromatic carbocycles. The van der Waals surface area contributed by atoms with Crippen molar-refractivity contribution >= 4 is 15.9 Å². The van der Waals surface area contributed by atoms with Gasteiger partial charge in [-0.1, -0.05) is 50.2 Å². The number of nitrogens with one attached hydrogen (secondary N) is 2. The highest BCUT2D eigenvalue weighted by atomic mass is 32.2. The maximum atomic E-state index is 12.8. The van der Waals surface area contributed by atoms with Gasteiger partial charge in [0, 0.05) is 24.2 Å². The van der Waals surface area contributed by atoms with Crippen LogP contribution in [-0.4, -0.2) is 45.9 Å². The lowest BCUT2D eigenvalue weighted by Crippen LogP contribution is -2.47. The minimum absolute atomic E-state index is 0.0677. The molecule has 6 nitrogen and oxygen atoms in total. The van der Waals surface area contributed by atoms with Crippen molar-refractivity contribution in [3.8, 4) is 0 Å². The van der Waals surface area contributed by atoms with Crippen LogP contribution in [0.15, 0.2) is 59.5 Å². The fourth-order valence-corrected chi connectivity index (χ4v) is 4.62. The number of carbonyl (C=O) groups excluding carboxylic acids is 1. The molecular weight excluding hydrogens is 398 g/mol. The third kappa shape index (κ3) is 6.39. The van der Waals surface area contributed by atoms with Gasteiger partial charge in [-0.15, -0.1) is 0 Å². The molecule has 30 heavy (non-hydrogen) atoms. The van der Waals surface area contributed by atoms with Crippen molar-refractivity contribution in [1.82, 2.24) is 14.9 Å². The van der Waals surface area contributed by atoms with E-state index in [4.69, 9.17) is 0 Å². The van der Waals surface area contributed by atoms with E-state index in [0.717, 1.165) is 12.1 Å². The number of benzene rings is 2. The fraction of sp³-hybridized carbons (Fsp3) is 0.435. The summed E-state index contributed by atoms with van der Waals surface area (Å²) in [6.45, 7) is 8.74. The Kier molecular flexibility index (Phi) is 7.80. The second kappa shape index (κ2) is 9.73. The zero-order valence-electron chi connectivity index (χ0n) is 18.6. The highest BCUT2D eigenvalue weighted by Crippen LogP contribution is 2.22. The first kappa shape index (κ1) is 24.1. The summed E-state index contributed by atoms with van der Waals surface area (Å²) in [5, 5.41) is 3.01. The first-order chi connectivity index (χ1) is 13.9. The molecule has 0 aliphatic heterocycles. The van der Waals surface area contributed by atoms with Gasteiger partial charge in [-0.05, 0) is 57.1 Å². The van der Waals surface area contributed by atoms with Gasteiger partial charge in [0.05, 0.1) is 4.90 Å². The van der Waals surface area contributed by atoms with Crippen molar-refractivity contribution < 1.29 is 13.2 Å². The summed E-state index contributed by atoms with van der Waals surface area (Å²) in [6.07, 6.45) is 0. The quantitative estimate of drug-likeness (QED) is 0.638. The molecule has 0 heterocycles. The van der Waals surface area contributed by atoms with Crippen molar-refractivity contribution in [2.75, 3.05) is 20.6 Å². The predicted octanol–water partition coefficient (Wildman–Crippen LogP) is 3.43. The SMILES string of the molecule is C[C@H](NS(=O)(=O)c1cccc(C(=O)N[C@H](C)C(C)(C)CN(C)C)c1)c1ccccc1. The molecule has 2 rings (SSSR count). The van der Waals surface area contributed by atoms with E-state index in [-0.39, 0.29) is 28.3 Å². The molecule has 0 saturated heterocycles. The average Bonchev–Trinajstić information content (AvgIpc) is 2.67. The van der Waals surface area contributed by atoms with E-state index in [1.54, 1.807) is 19.1 Å². The maximum absolute atomic E-state index is 12.8. The molecule has 0 aliphatic rings. The normalized spacial score (nSPS) is 14.4. The average molecular weight is 432 g/mol. The Labute approximate surface area is 180 Å². The van der Waals surface area contributed by atoms with Crippen LogP contribution in [0, 0.1) is 5.41 Å². The summed E-state index contributed by atoms with van der Waals surface area (Å²) < 4.78 is 28.4. The Hall–Kier alpha value is -2.22. The molecule has 0 aromatic heterocycles. The number of hydrogen-bond donors (Lipinski definition) is 2. The molecule has 0 saturated carbocycles. The Morgan fingerprint density at radius 3 is 2.27 bits per heavy atom. The smallest absolute Gasteiger partial charge is 0.251 e. The summed E-state index contributed by atoms with van der Waals surface area (Å²) in [5.74, 6) is -0.289. The lowest BCUT2D eigenvalue weighted by atomic mass is 9.84. The van der Waals surface area contributed by atoms with Crippen LogP contribution < -0.4 is 10.0 Å². The van der Waals surface area contributed by atoms with Crippen molar-refractivity contribution in [2.45, 2.75) is 44.7 Å². The van der Waals surface area contributed by atoms with Crippen LogP contribution in [0.3, 0.4) is 0 Å². The molecular formula is C23H33N3O3S. The van der Waals surface area contributed by atoms with E-state index in [2.05, 4.69) is 28.8 Å². The van der Waals surface area contributed by atoms with Crippen molar-refractivity contribution in [3.63, 3.8) is 0 Å². The van der Waals surface area contributed by atoms with Crippen LogP contribution in [-0.2, 0) is 10.0 Å². The zero-order valence-corrected chi connectivity index (χ0v) is 19.5. The van der Waals surface area contributed by atoms with Gasteiger partial charge >= 0.3 is 0 Å². The van der Waals surface area contributed by atoms with Gasteiger partial charge in [0.2, 0.25) is 10.0 Å². The largest absolute Gasteiger partial charge is 0.349 e. The van der Waals surface area contributed by atoms with E-state index < -0.39 is 10.0 Å². The molecule has 2 atom stereocenters. The third-order valence-corrected chi connectivity index (χ3v) is 6.82. The molecule has 0 fully saturated rings. The Bertz CT molecular complexity index is 957. The van der Waals surface area contributed by atoms with Crippen LogP contribution in [0.2, 0.25) is 0 Å². The van der Waals surface area contributed by atoms with E-state index in [1.807, 2.05) is 51.4 Å². The first-order valence-corrected chi connectivity index (χ1v) is 11.5. The lowest BCUT2D eigenvalue weighted by molar-refractivity contribution is 0.0885. The third-order valence-electron chi connectivity index (χ3n) is 5.28. The second-order valence-corrected chi connectivity index (χ2v) is 10.4. The van der Waals surface area contributed by atoms with Gasteiger partial charge in [-0.25, -0.2) is 13.1 Å². The van der Waals surface area contributed by atoms with Gasteiger partial charge in [0.25, 0.3) is 5.91 Å². The first-order valence-electron chi connectivity index (χ1n) is 10.1. The number of amides is 1. The van der Waals surface area contributed by atoms with Crippen LogP contribution in [0.1, 0.15) is 49.7 Å². The van der Waals surface area contributed by atoms with E-state index in [1.165, 1.54) is 12.1 Å². The zero-order chi connectivity index (χ0) is 22.5.